The number of rotatable bonds is 8. The van der Waals surface area contributed by atoms with Crippen LogP contribution in [0.3, 0.4) is 0 Å². The molecule has 0 fully saturated rings. The SMILES string of the molecule is COc1cc(NC(=O)/C=C/c2ccc(NC(=O)Nc3ccccc3)cc2)c(C(C)=O)cc1OC. The van der Waals surface area contributed by atoms with Crippen molar-refractivity contribution in [2.45, 2.75) is 6.92 Å². The summed E-state index contributed by atoms with van der Waals surface area (Å²) < 4.78 is 10.5. The van der Waals surface area contributed by atoms with Crippen molar-refractivity contribution in [1.82, 2.24) is 0 Å². The van der Waals surface area contributed by atoms with E-state index in [0.29, 0.717) is 34.1 Å². The highest BCUT2D eigenvalue weighted by molar-refractivity contribution is 6.08. The molecule has 0 atom stereocenters. The van der Waals surface area contributed by atoms with Crippen molar-refractivity contribution in [2.75, 3.05) is 30.2 Å². The molecule has 0 spiro atoms. The third-order valence-electron chi connectivity index (χ3n) is 4.79. The summed E-state index contributed by atoms with van der Waals surface area (Å²) in [6, 6.07) is 18.8. The van der Waals surface area contributed by atoms with Crippen LogP contribution in [0.5, 0.6) is 11.5 Å². The van der Waals surface area contributed by atoms with Gasteiger partial charge in [0.2, 0.25) is 5.91 Å². The molecule has 0 saturated carbocycles. The van der Waals surface area contributed by atoms with Crippen LogP contribution >= 0.6 is 0 Å². The summed E-state index contributed by atoms with van der Waals surface area (Å²) in [5.41, 5.74) is 2.68. The van der Waals surface area contributed by atoms with Crippen LogP contribution in [-0.4, -0.2) is 31.9 Å². The van der Waals surface area contributed by atoms with E-state index in [9.17, 15) is 14.4 Å². The summed E-state index contributed by atoms with van der Waals surface area (Å²) >= 11 is 0. The molecule has 174 valence electrons. The van der Waals surface area contributed by atoms with E-state index in [0.717, 1.165) is 5.56 Å². The van der Waals surface area contributed by atoms with E-state index in [1.165, 1.54) is 33.3 Å². The summed E-state index contributed by atoms with van der Waals surface area (Å²) in [5.74, 6) is 0.150. The van der Waals surface area contributed by atoms with Gasteiger partial charge >= 0.3 is 6.03 Å². The van der Waals surface area contributed by atoms with Gasteiger partial charge < -0.3 is 25.4 Å². The van der Waals surface area contributed by atoms with Crippen molar-refractivity contribution in [3.63, 3.8) is 0 Å². The Morgan fingerprint density at radius 2 is 1.35 bits per heavy atom. The Balaban J connectivity index is 1.63. The fourth-order valence-electron chi connectivity index (χ4n) is 3.11. The van der Waals surface area contributed by atoms with Gasteiger partial charge in [-0.05, 0) is 48.9 Å². The molecule has 34 heavy (non-hydrogen) atoms. The van der Waals surface area contributed by atoms with Crippen molar-refractivity contribution in [2.24, 2.45) is 0 Å². The number of nitrogens with one attached hydrogen (secondary N) is 3. The number of hydrogen-bond acceptors (Lipinski definition) is 5. The number of methoxy groups -OCH3 is 2. The second-order valence-corrected chi connectivity index (χ2v) is 7.20. The van der Waals surface area contributed by atoms with E-state index in [1.807, 2.05) is 18.2 Å². The van der Waals surface area contributed by atoms with E-state index >= 15 is 0 Å². The summed E-state index contributed by atoms with van der Waals surface area (Å²) in [6.07, 6.45) is 2.97. The minimum absolute atomic E-state index is 0.223. The predicted octanol–water partition coefficient (Wildman–Crippen LogP) is 5.20. The van der Waals surface area contributed by atoms with E-state index in [1.54, 1.807) is 48.5 Å². The summed E-state index contributed by atoms with van der Waals surface area (Å²) in [7, 11) is 2.94. The Morgan fingerprint density at radius 1 is 0.765 bits per heavy atom. The molecule has 0 heterocycles. The van der Waals surface area contributed by atoms with Gasteiger partial charge in [-0.15, -0.1) is 0 Å². The fraction of sp³-hybridized carbons (Fsp3) is 0.115. The van der Waals surface area contributed by atoms with Gasteiger partial charge in [0.1, 0.15) is 0 Å². The average Bonchev–Trinajstić information content (AvgIpc) is 2.83. The topological polar surface area (TPSA) is 106 Å². The molecular weight excluding hydrogens is 434 g/mol. The molecule has 0 unspecified atom stereocenters. The van der Waals surface area contributed by atoms with E-state index in [4.69, 9.17) is 9.47 Å². The number of Topliss-reactive ketones (excluding diaryl/α,β-unsaturated/α-hetero) is 1. The monoisotopic (exact) mass is 459 g/mol. The lowest BCUT2D eigenvalue weighted by Gasteiger charge is -2.13. The molecule has 3 aromatic rings. The number of benzene rings is 3. The van der Waals surface area contributed by atoms with Gasteiger partial charge in [0.25, 0.3) is 0 Å². The van der Waals surface area contributed by atoms with Crippen molar-refractivity contribution in [3.05, 3.63) is 83.9 Å². The number of carbonyl (C=O) groups is 3. The largest absolute Gasteiger partial charge is 0.493 e. The number of para-hydroxylation sites is 1. The van der Waals surface area contributed by atoms with Crippen LogP contribution in [0.4, 0.5) is 21.9 Å². The molecule has 8 heteroatoms. The quantitative estimate of drug-likeness (QED) is 0.317. The lowest BCUT2D eigenvalue weighted by Crippen LogP contribution is -2.19. The third kappa shape index (κ3) is 6.46. The average molecular weight is 460 g/mol. The molecule has 3 rings (SSSR count). The maximum absolute atomic E-state index is 12.5. The zero-order valence-electron chi connectivity index (χ0n) is 19.0. The van der Waals surface area contributed by atoms with Crippen LogP contribution in [0.15, 0.2) is 72.8 Å². The maximum atomic E-state index is 12.5. The first kappa shape index (κ1) is 24.1. The molecule has 8 nitrogen and oxygen atoms in total. The zero-order valence-corrected chi connectivity index (χ0v) is 19.0. The van der Waals surface area contributed by atoms with Gasteiger partial charge in [-0.25, -0.2) is 4.79 Å². The number of ether oxygens (including phenoxy) is 2. The summed E-state index contributed by atoms with van der Waals surface area (Å²) in [5, 5.41) is 8.18. The van der Waals surface area contributed by atoms with Gasteiger partial charge in [0, 0.05) is 29.1 Å². The van der Waals surface area contributed by atoms with Crippen LogP contribution in [0.25, 0.3) is 6.08 Å². The molecule has 3 amide bonds. The summed E-state index contributed by atoms with van der Waals surface area (Å²) in [6.45, 7) is 1.41. The Hall–Kier alpha value is -4.59. The van der Waals surface area contributed by atoms with Crippen LogP contribution < -0.4 is 25.4 Å². The number of hydrogen-bond donors (Lipinski definition) is 3. The molecule has 0 radical (unpaired) electrons. The fourth-order valence-corrected chi connectivity index (χ4v) is 3.11. The Morgan fingerprint density at radius 3 is 1.94 bits per heavy atom. The molecule has 0 aliphatic carbocycles. The standard InChI is InChI=1S/C26H25N3O5/c1-17(30)21-15-23(33-2)24(34-3)16-22(21)29-25(31)14-11-18-9-12-20(13-10-18)28-26(32)27-19-7-5-4-6-8-19/h4-16H,1-3H3,(H,29,31)(H2,27,28,32)/b14-11+. The Labute approximate surface area is 197 Å². The van der Waals surface area contributed by atoms with E-state index in [-0.39, 0.29) is 11.8 Å². The molecule has 0 bridgehead atoms. The minimum atomic E-state index is -0.417. The molecule has 0 aliphatic heterocycles. The van der Waals surface area contributed by atoms with Gasteiger partial charge in [0.05, 0.1) is 19.9 Å². The molecule has 0 saturated heterocycles. The lowest BCUT2D eigenvalue weighted by atomic mass is 10.1. The van der Waals surface area contributed by atoms with Gasteiger partial charge in [-0.1, -0.05) is 30.3 Å². The first-order valence-electron chi connectivity index (χ1n) is 10.4. The normalized spacial score (nSPS) is 10.4. The highest BCUT2D eigenvalue weighted by Crippen LogP contribution is 2.33. The van der Waals surface area contributed by atoms with E-state index in [2.05, 4.69) is 16.0 Å². The predicted molar refractivity (Wildman–Crippen MR) is 133 cm³/mol. The number of anilines is 3. The Kier molecular flexibility index (Phi) is 8.02. The van der Waals surface area contributed by atoms with Crippen LogP contribution in [0.1, 0.15) is 22.8 Å². The van der Waals surface area contributed by atoms with Crippen molar-refractivity contribution < 1.29 is 23.9 Å². The first-order chi connectivity index (χ1) is 16.4. The third-order valence-corrected chi connectivity index (χ3v) is 4.79. The minimum Gasteiger partial charge on any atom is -0.493 e. The van der Waals surface area contributed by atoms with Crippen molar-refractivity contribution in [3.8, 4) is 11.5 Å². The lowest BCUT2D eigenvalue weighted by molar-refractivity contribution is -0.111. The highest BCUT2D eigenvalue weighted by Gasteiger charge is 2.15. The number of amides is 3. The number of ketones is 1. The Bertz CT molecular complexity index is 1210. The van der Waals surface area contributed by atoms with Crippen LogP contribution in [-0.2, 0) is 4.79 Å². The smallest absolute Gasteiger partial charge is 0.323 e. The number of carbonyl (C=O) groups excluding carboxylic acids is 3. The van der Waals surface area contributed by atoms with Gasteiger partial charge in [0.15, 0.2) is 17.3 Å². The second-order valence-electron chi connectivity index (χ2n) is 7.20. The van der Waals surface area contributed by atoms with Gasteiger partial charge in [-0.3, -0.25) is 9.59 Å². The van der Waals surface area contributed by atoms with Crippen molar-refractivity contribution in [1.29, 1.82) is 0 Å². The molecular formula is C26H25N3O5. The van der Waals surface area contributed by atoms with Gasteiger partial charge in [-0.2, -0.15) is 0 Å². The first-order valence-corrected chi connectivity index (χ1v) is 10.4. The van der Waals surface area contributed by atoms with E-state index < -0.39 is 5.91 Å². The summed E-state index contributed by atoms with van der Waals surface area (Å²) in [4.78, 5) is 36.5. The molecule has 3 N–H and O–H groups in total. The van der Waals surface area contributed by atoms with Crippen molar-refractivity contribution >= 4 is 40.9 Å². The molecule has 0 aliphatic rings. The number of urea groups is 1. The second kappa shape index (κ2) is 11.3. The van der Waals surface area contributed by atoms with Crippen LogP contribution in [0, 0.1) is 0 Å². The molecule has 0 aromatic heterocycles. The van der Waals surface area contributed by atoms with Crippen LogP contribution in [0.2, 0.25) is 0 Å². The molecule has 3 aromatic carbocycles. The highest BCUT2D eigenvalue weighted by atomic mass is 16.5. The zero-order chi connectivity index (χ0) is 24.5. The maximum Gasteiger partial charge on any atom is 0.323 e.